The standard InChI is InChI=1S/C23H25FN4O5/c1-13-17(22(30)28-8-2-3-18(29)21(28)25-13)12-32-23(31)27-9-6-14(7-10-27)20-16-5-4-15(24)11-19(16)33-26-20/h4-5,11,14,18,29H,2-3,6-10,12H2,1H3. The lowest BCUT2D eigenvalue weighted by Gasteiger charge is -2.30. The van der Waals surface area contributed by atoms with Crippen molar-refractivity contribution in [2.75, 3.05) is 13.1 Å². The Balaban J connectivity index is 1.22. The molecule has 5 rings (SSSR count). The van der Waals surface area contributed by atoms with E-state index in [4.69, 9.17) is 9.26 Å². The maximum absolute atomic E-state index is 13.4. The van der Waals surface area contributed by atoms with Crippen LogP contribution < -0.4 is 5.56 Å². The average Bonchev–Trinajstić information content (AvgIpc) is 3.22. The van der Waals surface area contributed by atoms with Gasteiger partial charge in [-0.25, -0.2) is 14.2 Å². The SMILES string of the molecule is Cc1nc2n(c(=O)c1COC(=O)N1CCC(c3noc4cc(F)ccc34)CC1)CCCC2O. The number of rotatable bonds is 3. The number of likely N-dealkylation sites (tertiary alicyclic amines) is 1. The van der Waals surface area contributed by atoms with Crippen molar-refractivity contribution in [2.45, 2.75) is 57.8 Å². The lowest BCUT2D eigenvalue weighted by atomic mass is 9.92. The van der Waals surface area contributed by atoms with Crippen molar-refractivity contribution in [2.24, 2.45) is 0 Å². The molecular weight excluding hydrogens is 431 g/mol. The van der Waals surface area contributed by atoms with Gasteiger partial charge in [0, 0.05) is 37.0 Å². The molecule has 1 N–H and O–H groups in total. The molecule has 1 atom stereocenters. The van der Waals surface area contributed by atoms with Crippen LogP contribution in [0.3, 0.4) is 0 Å². The normalized spacial score (nSPS) is 19.0. The zero-order valence-corrected chi connectivity index (χ0v) is 18.3. The number of aromatic nitrogens is 3. The van der Waals surface area contributed by atoms with E-state index in [-0.39, 0.29) is 23.9 Å². The van der Waals surface area contributed by atoms with Crippen molar-refractivity contribution in [3.8, 4) is 0 Å². The molecule has 33 heavy (non-hydrogen) atoms. The van der Waals surface area contributed by atoms with Crippen molar-refractivity contribution < 1.29 is 23.6 Å². The lowest BCUT2D eigenvalue weighted by molar-refractivity contribution is 0.0854. The summed E-state index contributed by atoms with van der Waals surface area (Å²) in [4.78, 5) is 31.5. The summed E-state index contributed by atoms with van der Waals surface area (Å²) in [6.07, 6.45) is 1.40. The molecule has 3 aromatic rings. The lowest BCUT2D eigenvalue weighted by Crippen LogP contribution is -2.39. The number of ether oxygens (including phenoxy) is 1. The molecule has 0 spiro atoms. The Morgan fingerprint density at radius 3 is 2.85 bits per heavy atom. The molecule has 10 heteroatoms. The first-order valence-corrected chi connectivity index (χ1v) is 11.2. The average molecular weight is 456 g/mol. The Kier molecular flexibility index (Phi) is 5.61. The maximum atomic E-state index is 13.4. The minimum atomic E-state index is -0.746. The van der Waals surface area contributed by atoms with Gasteiger partial charge in [-0.05, 0) is 44.7 Å². The molecule has 9 nitrogen and oxygen atoms in total. The molecule has 2 aliphatic rings. The van der Waals surface area contributed by atoms with Crippen molar-refractivity contribution in [3.05, 3.63) is 57.1 Å². The number of aliphatic hydroxyl groups is 1. The zero-order valence-electron chi connectivity index (χ0n) is 18.3. The van der Waals surface area contributed by atoms with Gasteiger partial charge in [-0.1, -0.05) is 5.16 Å². The molecule has 2 aliphatic heterocycles. The smallest absolute Gasteiger partial charge is 0.410 e. The summed E-state index contributed by atoms with van der Waals surface area (Å²) in [5, 5.41) is 15.0. The molecule has 2 aromatic heterocycles. The van der Waals surface area contributed by atoms with Gasteiger partial charge in [0.15, 0.2) is 5.58 Å². The van der Waals surface area contributed by atoms with E-state index in [2.05, 4.69) is 10.1 Å². The summed E-state index contributed by atoms with van der Waals surface area (Å²) in [6.45, 7) is 2.98. The van der Waals surface area contributed by atoms with Gasteiger partial charge in [-0.2, -0.15) is 0 Å². The first-order valence-electron chi connectivity index (χ1n) is 11.2. The van der Waals surface area contributed by atoms with Gasteiger partial charge in [0.2, 0.25) is 0 Å². The van der Waals surface area contributed by atoms with E-state index in [0.717, 1.165) is 11.1 Å². The highest BCUT2D eigenvalue weighted by Crippen LogP contribution is 2.33. The Labute approximate surface area is 188 Å². The van der Waals surface area contributed by atoms with E-state index >= 15 is 0 Å². The fourth-order valence-corrected chi connectivity index (χ4v) is 4.72. The van der Waals surface area contributed by atoms with Crippen molar-refractivity contribution >= 4 is 17.1 Å². The van der Waals surface area contributed by atoms with Crippen LogP contribution in [0.2, 0.25) is 0 Å². The maximum Gasteiger partial charge on any atom is 0.410 e. The van der Waals surface area contributed by atoms with Crippen molar-refractivity contribution in [1.82, 2.24) is 19.6 Å². The Morgan fingerprint density at radius 1 is 1.27 bits per heavy atom. The van der Waals surface area contributed by atoms with Crippen LogP contribution in [0.25, 0.3) is 11.0 Å². The molecule has 0 bridgehead atoms. The third kappa shape index (κ3) is 3.99. The van der Waals surface area contributed by atoms with E-state index in [1.165, 1.54) is 16.7 Å². The summed E-state index contributed by atoms with van der Waals surface area (Å²) in [7, 11) is 0. The van der Waals surface area contributed by atoms with Crippen molar-refractivity contribution in [3.63, 3.8) is 0 Å². The van der Waals surface area contributed by atoms with E-state index < -0.39 is 12.2 Å². The van der Waals surface area contributed by atoms with Crippen LogP contribution in [0.1, 0.15) is 60.5 Å². The largest absolute Gasteiger partial charge is 0.444 e. The number of halogens is 1. The highest BCUT2D eigenvalue weighted by molar-refractivity contribution is 5.80. The molecular formula is C23H25FN4O5. The second-order valence-corrected chi connectivity index (χ2v) is 8.67. The quantitative estimate of drug-likeness (QED) is 0.644. The van der Waals surface area contributed by atoms with E-state index in [1.807, 2.05) is 0 Å². The van der Waals surface area contributed by atoms with Crippen LogP contribution in [0.4, 0.5) is 9.18 Å². The number of nitrogens with zero attached hydrogens (tertiary/aromatic N) is 4. The number of aryl methyl sites for hydroxylation is 1. The molecule has 1 amide bonds. The second-order valence-electron chi connectivity index (χ2n) is 8.67. The summed E-state index contributed by atoms with van der Waals surface area (Å²) >= 11 is 0. The Hall–Kier alpha value is -3.27. The third-order valence-electron chi connectivity index (χ3n) is 6.60. The van der Waals surface area contributed by atoms with Gasteiger partial charge in [0.25, 0.3) is 5.56 Å². The first-order chi connectivity index (χ1) is 15.9. The molecule has 1 aromatic carbocycles. The molecule has 174 valence electrons. The zero-order chi connectivity index (χ0) is 23.1. The predicted octanol–water partition coefficient (Wildman–Crippen LogP) is 3.18. The van der Waals surface area contributed by atoms with Gasteiger partial charge < -0.3 is 19.3 Å². The minimum Gasteiger partial charge on any atom is -0.444 e. The Morgan fingerprint density at radius 2 is 2.06 bits per heavy atom. The van der Waals surface area contributed by atoms with E-state index in [1.54, 1.807) is 17.9 Å². The number of hydrogen-bond acceptors (Lipinski definition) is 7. The van der Waals surface area contributed by atoms with Gasteiger partial charge in [0.1, 0.15) is 24.4 Å². The molecule has 4 heterocycles. The number of benzene rings is 1. The summed E-state index contributed by atoms with van der Waals surface area (Å²) < 4.78 is 25.6. The van der Waals surface area contributed by atoms with Gasteiger partial charge >= 0.3 is 6.09 Å². The van der Waals surface area contributed by atoms with Crippen LogP contribution in [0, 0.1) is 12.7 Å². The number of aliphatic hydroxyl groups excluding tert-OH is 1. The number of hydrogen-bond donors (Lipinski definition) is 1. The minimum absolute atomic E-state index is 0.101. The summed E-state index contributed by atoms with van der Waals surface area (Å²) in [5.41, 5.74) is 1.73. The van der Waals surface area contributed by atoms with Gasteiger partial charge in [-0.3, -0.25) is 9.36 Å². The summed E-state index contributed by atoms with van der Waals surface area (Å²) in [5.74, 6) is 0.107. The molecule has 0 aliphatic carbocycles. The van der Waals surface area contributed by atoms with Crippen molar-refractivity contribution in [1.29, 1.82) is 0 Å². The highest BCUT2D eigenvalue weighted by atomic mass is 19.1. The molecule has 1 fully saturated rings. The van der Waals surface area contributed by atoms with Crippen LogP contribution in [-0.2, 0) is 17.9 Å². The molecule has 1 saturated heterocycles. The second kappa shape index (κ2) is 8.58. The summed E-state index contributed by atoms with van der Waals surface area (Å²) in [6, 6.07) is 4.37. The Bertz CT molecular complexity index is 1260. The van der Waals surface area contributed by atoms with Crippen LogP contribution in [0.15, 0.2) is 27.5 Å². The van der Waals surface area contributed by atoms with Crippen LogP contribution in [-0.4, -0.2) is 43.9 Å². The van der Waals surface area contributed by atoms with Gasteiger partial charge in [-0.15, -0.1) is 0 Å². The van der Waals surface area contributed by atoms with E-state index in [9.17, 15) is 19.1 Å². The topological polar surface area (TPSA) is 111 Å². The predicted molar refractivity (Wildman–Crippen MR) is 115 cm³/mol. The number of fused-ring (bicyclic) bond motifs is 2. The number of carbonyl (C=O) groups is 1. The molecule has 0 radical (unpaired) electrons. The first kappa shape index (κ1) is 21.6. The highest BCUT2D eigenvalue weighted by Gasteiger charge is 2.29. The number of amides is 1. The monoisotopic (exact) mass is 456 g/mol. The molecule has 1 unspecified atom stereocenters. The molecule has 0 saturated carbocycles. The van der Waals surface area contributed by atoms with Gasteiger partial charge in [0.05, 0.1) is 17.0 Å². The number of piperidine rings is 1. The van der Waals surface area contributed by atoms with Crippen LogP contribution in [0.5, 0.6) is 0 Å². The van der Waals surface area contributed by atoms with E-state index in [0.29, 0.717) is 68.0 Å². The third-order valence-corrected chi connectivity index (χ3v) is 6.60. The van der Waals surface area contributed by atoms with Crippen LogP contribution >= 0.6 is 0 Å². The number of carbonyl (C=O) groups excluding carboxylic acids is 1. The fraction of sp³-hybridized carbons (Fsp3) is 0.478. The fourth-order valence-electron chi connectivity index (χ4n) is 4.72.